The second-order valence-corrected chi connectivity index (χ2v) is 16.1. The second kappa shape index (κ2) is 7.64. The summed E-state index contributed by atoms with van der Waals surface area (Å²) in [5.41, 5.74) is -1.03. The maximum absolute atomic E-state index is 13.1. The quantitative estimate of drug-likeness (QED) is 0.322. The van der Waals surface area contributed by atoms with Gasteiger partial charge >= 0.3 is 0 Å². The van der Waals surface area contributed by atoms with E-state index in [4.69, 9.17) is 13.9 Å². The third kappa shape index (κ3) is 3.13. The number of rotatable bonds is 7. The van der Waals surface area contributed by atoms with Crippen LogP contribution in [0.2, 0.25) is 18.1 Å². The average Bonchev–Trinajstić information content (AvgIpc) is 2.69. The SMILES string of the molecule is COC1(OC)[C@H](O[Si](C)(C)C(C)(C)C)[C@H]2CC[C@@]13C=CC(=O)[C@@](C)(CCC=O)C3C2. The highest BCUT2D eigenvalue weighted by molar-refractivity contribution is 6.74. The number of aldehydes is 1. The zero-order chi connectivity index (χ0) is 22.6. The van der Waals surface area contributed by atoms with Gasteiger partial charge in [-0.25, -0.2) is 0 Å². The Bertz CT molecular complexity index is 720. The van der Waals surface area contributed by atoms with Crippen LogP contribution in [0.15, 0.2) is 12.2 Å². The van der Waals surface area contributed by atoms with Gasteiger partial charge in [0.1, 0.15) is 12.4 Å². The van der Waals surface area contributed by atoms with Gasteiger partial charge in [0.05, 0.1) is 0 Å². The van der Waals surface area contributed by atoms with Crippen molar-refractivity contribution in [3.8, 4) is 0 Å². The number of hydrogen-bond donors (Lipinski definition) is 0. The van der Waals surface area contributed by atoms with Crippen LogP contribution in [0.3, 0.4) is 0 Å². The topological polar surface area (TPSA) is 61.8 Å². The van der Waals surface area contributed by atoms with E-state index in [0.29, 0.717) is 12.8 Å². The number of hydrogen-bond acceptors (Lipinski definition) is 5. The molecule has 4 aliphatic carbocycles. The Morgan fingerprint density at radius 3 is 2.40 bits per heavy atom. The molecule has 1 spiro atoms. The molecule has 0 aliphatic heterocycles. The molecule has 3 fully saturated rings. The molecule has 2 bridgehead atoms. The van der Waals surface area contributed by atoms with Gasteiger partial charge in [0.2, 0.25) is 5.79 Å². The van der Waals surface area contributed by atoms with Gasteiger partial charge in [0.15, 0.2) is 14.1 Å². The van der Waals surface area contributed by atoms with Crippen molar-refractivity contribution in [2.45, 2.75) is 89.8 Å². The predicted octanol–water partition coefficient (Wildman–Crippen LogP) is 4.91. The van der Waals surface area contributed by atoms with E-state index in [1.54, 1.807) is 20.3 Å². The number of ether oxygens (including phenoxy) is 2. The lowest BCUT2D eigenvalue weighted by molar-refractivity contribution is -0.366. The fraction of sp³-hybridized carbons (Fsp3) is 0.833. The van der Waals surface area contributed by atoms with Crippen LogP contribution in [0.5, 0.6) is 0 Å². The predicted molar refractivity (Wildman–Crippen MR) is 120 cm³/mol. The zero-order valence-corrected chi connectivity index (χ0v) is 21.0. The number of carbonyl (C=O) groups excluding carboxylic acids is 2. The van der Waals surface area contributed by atoms with Crippen LogP contribution >= 0.6 is 0 Å². The summed E-state index contributed by atoms with van der Waals surface area (Å²) in [6.45, 7) is 13.3. The molecule has 6 heteroatoms. The van der Waals surface area contributed by atoms with Crippen LogP contribution in [0, 0.1) is 22.7 Å². The molecule has 4 aliphatic rings. The van der Waals surface area contributed by atoms with Crippen molar-refractivity contribution in [2.75, 3.05) is 14.2 Å². The summed E-state index contributed by atoms with van der Waals surface area (Å²) < 4.78 is 19.5. The highest BCUT2D eigenvalue weighted by Gasteiger charge is 2.73. The van der Waals surface area contributed by atoms with Gasteiger partial charge in [-0.2, -0.15) is 0 Å². The molecule has 30 heavy (non-hydrogen) atoms. The molecule has 3 saturated carbocycles. The van der Waals surface area contributed by atoms with E-state index in [1.807, 2.05) is 6.92 Å². The Hall–Kier alpha value is -0.823. The van der Waals surface area contributed by atoms with Crippen molar-refractivity contribution in [1.29, 1.82) is 0 Å². The molecule has 0 saturated heterocycles. The highest BCUT2D eigenvalue weighted by Crippen LogP contribution is 2.68. The first-order chi connectivity index (χ1) is 13.8. The average molecular weight is 437 g/mol. The molecule has 1 unspecified atom stereocenters. The molecule has 0 amide bonds. The summed E-state index contributed by atoms with van der Waals surface area (Å²) in [7, 11) is 1.35. The van der Waals surface area contributed by atoms with E-state index in [9.17, 15) is 9.59 Å². The molecule has 5 nitrogen and oxygen atoms in total. The van der Waals surface area contributed by atoms with Crippen LogP contribution in [-0.2, 0) is 23.5 Å². The number of allylic oxidation sites excluding steroid dienone is 1. The molecule has 0 N–H and O–H groups in total. The summed E-state index contributed by atoms with van der Waals surface area (Å²) in [5.74, 6) is -0.481. The third-order valence-corrected chi connectivity index (χ3v) is 13.5. The zero-order valence-electron chi connectivity index (χ0n) is 20.0. The smallest absolute Gasteiger partial charge is 0.202 e. The standard InChI is InChI=1S/C24H40O5Si/c1-21(2,3)30(7,8)29-20-17-10-13-23(24(20,27-5)28-6)14-11-19(26)22(4,12-9-15-25)18(23)16-17/h11,14-15,17-18,20H,9-10,12-13,16H2,1-8H3/t17-,18?,20+,22-,23-/m0/s1. The van der Waals surface area contributed by atoms with E-state index >= 15 is 0 Å². The van der Waals surface area contributed by atoms with E-state index in [1.165, 1.54) is 0 Å². The number of fused-ring (bicyclic) bond motifs is 2. The number of methoxy groups -OCH3 is 2. The largest absolute Gasteiger partial charge is 0.408 e. The molecule has 0 heterocycles. The Labute approximate surface area is 183 Å². The molecular weight excluding hydrogens is 396 g/mol. The fourth-order valence-corrected chi connectivity index (χ4v) is 7.58. The minimum atomic E-state index is -2.08. The van der Waals surface area contributed by atoms with Crippen molar-refractivity contribution in [1.82, 2.24) is 0 Å². The molecule has 0 radical (unpaired) electrons. The van der Waals surface area contributed by atoms with Crippen LogP contribution in [0.25, 0.3) is 0 Å². The van der Waals surface area contributed by atoms with Crippen LogP contribution in [0.4, 0.5) is 0 Å². The third-order valence-electron chi connectivity index (χ3n) is 9.02. The maximum atomic E-state index is 13.1. The number of carbonyl (C=O) groups is 2. The summed E-state index contributed by atoms with van der Waals surface area (Å²) >= 11 is 0. The first kappa shape index (κ1) is 23.8. The second-order valence-electron chi connectivity index (χ2n) is 11.3. The van der Waals surface area contributed by atoms with Gasteiger partial charge in [-0.15, -0.1) is 0 Å². The fourth-order valence-electron chi connectivity index (χ4n) is 6.25. The summed E-state index contributed by atoms with van der Waals surface area (Å²) in [6.07, 6.45) is 8.34. The minimum absolute atomic E-state index is 0.0698. The Balaban J connectivity index is 2.12. The minimum Gasteiger partial charge on any atom is -0.408 e. The van der Waals surface area contributed by atoms with Crippen molar-refractivity contribution in [3.63, 3.8) is 0 Å². The van der Waals surface area contributed by atoms with Crippen LogP contribution in [-0.4, -0.2) is 46.5 Å². The summed E-state index contributed by atoms with van der Waals surface area (Å²) in [6, 6.07) is 0. The Kier molecular flexibility index (Phi) is 6.07. The van der Waals surface area contributed by atoms with Crippen molar-refractivity contribution >= 4 is 20.4 Å². The lowest BCUT2D eigenvalue weighted by Crippen LogP contribution is -2.74. The van der Waals surface area contributed by atoms with Crippen LogP contribution < -0.4 is 0 Å². The molecule has 0 aromatic heterocycles. The van der Waals surface area contributed by atoms with E-state index in [0.717, 1.165) is 25.5 Å². The van der Waals surface area contributed by atoms with Gasteiger partial charge in [0.25, 0.3) is 0 Å². The van der Waals surface area contributed by atoms with Gasteiger partial charge in [0, 0.05) is 31.5 Å². The first-order valence-corrected chi connectivity index (χ1v) is 14.2. The van der Waals surface area contributed by atoms with Gasteiger partial charge in [-0.3, -0.25) is 4.79 Å². The molecule has 4 rings (SSSR count). The molecule has 170 valence electrons. The van der Waals surface area contributed by atoms with E-state index < -0.39 is 24.9 Å². The normalized spacial score (nSPS) is 37.9. The monoisotopic (exact) mass is 436 g/mol. The maximum Gasteiger partial charge on any atom is 0.202 e. The Morgan fingerprint density at radius 1 is 1.23 bits per heavy atom. The molecule has 5 atom stereocenters. The summed E-state index contributed by atoms with van der Waals surface area (Å²) in [5, 5.41) is 0.0742. The van der Waals surface area contributed by atoms with Crippen molar-refractivity contribution in [2.24, 2.45) is 22.7 Å². The molecule has 0 aromatic rings. The Morgan fingerprint density at radius 2 is 1.87 bits per heavy atom. The van der Waals surface area contributed by atoms with Gasteiger partial charge in [-0.1, -0.05) is 33.8 Å². The van der Waals surface area contributed by atoms with Crippen LogP contribution in [0.1, 0.15) is 59.8 Å². The van der Waals surface area contributed by atoms with Crippen molar-refractivity contribution < 1.29 is 23.5 Å². The van der Waals surface area contributed by atoms with Gasteiger partial charge < -0.3 is 18.7 Å². The molecular formula is C24H40O5Si. The summed E-state index contributed by atoms with van der Waals surface area (Å²) in [4.78, 5) is 24.2. The number of ketones is 1. The first-order valence-electron chi connectivity index (χ1n) is 11.3. The lowest BCUT2D eigenvalue weighted by atomic mass is 9.42. The van der Waals surface area contributed by atoms with Gasteiger partial charge in [-0.05, 0) is 61.7 Å². The van der Waals surface area contributed by atoms with E-state index in [2.05, 4.69) is 39.9 Å². The van der Waals surface area contributed by atoms with Crippen molar-refractivity contribution in [3.05, 3.63) is 12.2 Å². The molecule has 0 aromatic carbocycles. The lowest BCUT2D eigenvalue weighted by Gasteiger charge is -2.68. The highest BCUT2D eigenvalue weighted by atomic mass is 28.4. The van der Waals surface area contributed by atoms with E-state index in [-0.39, 0.29) is 28.8 Å².